The summed E-state index contributed by atoms with van der Waals surface area (Å²) >= 11 is 7.83. The van der Waals surface area contributed by atoms with Crippen LogP contribution >= 0.6 is 25.3 Å². The minimum absolute atomic E-state index is 0.0446. The molecule has 0 atom stereocenters. The predicted octanol–water partition coefficient (Wildman–Crippen LogP) is 0.263. The molecule has 0 heterocycles. The summed E-state index contributed by atoms with van der Waals surface area (Å²) in [4.78, 5) is 0. The van der Waals surface area contributed by atoms with E-state index in [1.54, 1.807) is 0 Å². The Bertz CT molecular complexity index is 48.0. The number of aliphatic hydroxyl groups excluding tert-OH is 1. The summed E-state index contributed by atoms with van der Waals surface area (Å²) in [7, 11) is 0. The average Bonchev–Trinajstić information content (AvgIpc) is 1.61. The van der Waals surface area contributed by atoms with Gasteiger partial charge in [-0.3, -0.25) is 0 Å². The van der Waals surface area contributed by atoms with E-state index < -0.39 is 6.29 Å². The predicted molar refractivity (Wildman–Crippen MR) is 39.2 cm³/mol. The Kier molecular flexibility index (Phi) is 4.84. The van der Waals surface area contributed by atoms with Gasteiger partial charge in [-0.2, -0.15) is 25.3 Å². The molecule has 0 aromatic heterocycles. The molecule has 50 valence electrons. The maximum Gasteiger partial charge on any atom is 0.151 e. The molecule has 0 fully saturated rings. The van der Waals surface area contributed by atoms with Crippen LogP contribution in [0.15, 0.2) is 0 Å². The summed E-state index contributed by atoms with van der Waals surface area (Å²) in [6, 6.07) is 0. The van der Waals surface area contributed by atoms with Gasteiger partial charge in [0.05, 0.1) is 0 Å². The number of thiol groups is 2. The van der Waals surface area contributed by atoms with Gasteiger partial charge in [-0.1, -0.05) is 0 Å². The molecule has 0 spiro atoms. The first-order chi connectivity index (χ1) is 3.63. The molecule has 0 radical (unpaired) electrons. The van der Waals surface area contributed by atoms with Crippen molar-refractivity contribution in [3.05, 3.63) is 0 Å². The van der Waals surface area contributed by atoms with Crippen molar-refractivity contribution in [3.8, 4) is 0 Å². The SMILES string of the molecule is OC(O)CCC(S)S. The lowest BCUT2D eigenvalue weighted by Gasteiger charge is -2.03. The molecular weight excluding hydrogens is 144 g/mol. The van der Waals surface area contributed by atoms with Gasteiger partial charge in [0, 0.05) is 4.58 Å². The summed E-state index contributed by atoms with van der Waals surface area (Å²) in [5.74, 6) is 0. The lowest BCUT2D eigenvalue weighted by Crippen LogP contribution is -2.05. The average molecular weight is 154 g/mol. The van der Waals surface area contributed by atoms with Crippen LogP contribution in [0, 0.1) is 0 Å². The van der Waals surface area contributed by atoms with Crippen LogP contribution in [0.2, 0.25) is 0 Å². The fourth-order valence-electron chi connectivity index (χ4n) is 0.298. The van der Waals surface area contributed by atoms with E-state index in [0.717, 1.165) is 0 Å². The summed E-state index contributed by atoms with van der Waals surface area (Å²) in [6.07, 6.45) is -0.251. The fraction of sp³-hybridized carbons (Fsp3) is 1.00. The largest absolute Gasteiger partial charge is 0.368 e. The van der Waals surface area contributed by atoms with E-state index in [9.17, 15) is 0 Å². The minimum Gasteiger partial charge on any atom is -0.368 e. The molecule has 0 aromatic rings. The first-order valence-corrected chi connectivity index (χ1v) is 3.38. The lowest BCUT2D eigenvalue weighted by molar-refractivity contribution is -0.0454. The number of hydrogen-bond acceptors (Lipinski definition) is 4. The van der Waals surface area contributed by atoms with Crippen molar-refractivity contribution >= 4 is 25.3 Å². The van der Waals surface area contributed by atoms with Gasteiger partial charge in [0.1, 0.15) is 0 Å². The van der Waals surface area contributed by atoms with E-state index in [4.69, 9.17) is 10.2 Å². The van der Waals surface area contributed by atoms with Gasteiger partial charge in [-0.05, 0) is 12.8 Å². The third kappa shape index (κ3) is 6.62. The molecule has 8 heavy (non-hydrogen) atoms. The van der Waals surface area contributed by atoms with Gasteiger partial charge in [-0.15, -0.1) is 0 Å². The van der Waals surface area contributed by atoms with E-state index in [1.807, 2.05) is 0 Å². The molecule has 0 bridgehead atoms. The zero-order chi connectivity index (χ0) is 6.57. The van der Waals surface area contributed by atoms with Crippen LogP contribution in [0.3, 0.4) is 0 Å². The van der Waals surface area contributed by atoms with Crippen molar-refractivity contribution in [1.29, 1.82) is 0 Å². The summed E-state index contributed by atoms with van der Waals surface area (Å²) in [6.45, 7) is 0. The molecule has 2 N–H and O–H groups in total. The molecule has 0 amide bonds. The normalized spacial score (nSPS) is 11.2. The standard InChI is InChI=1S/C4H10O2S2/c5-3(6)1-2-4(7)8/h3-8H,1-2H2. The van der Waals surface area contributed by atoms with Crippen molar-refractivity contribution in [2.75, 3.05) is 0 Å². The number of aliphatic hydroxyl groups is 2. The molecule has 4 heteroatoms. The van der Waals surface area contributed by atoms with Crippen molar-refractivity contribution in [1.82, 2.24) is 0 Å². The van der Waals surface area contributed by atoms with Gasteiger partial charge >= 0.3 is 0 Å². The van der Waals surface area contributed by atoms with Crippen molar-refractivity contribution in [2.45, 2.75) is 23.7 Å². The fourth-order valence-corrected chi connectivity index (χ4v) is 0.596. The van der Waals surface area contributed by atoms with Crippen molar-refractivity contribution in [3.63, 3.8) is 0 Å². The first kappa shape index (κ1) is 8.62. The maximum absolute atomic E-state index is 8.29. The monoisotopic (exact) mass is 154 g/mol. The van der Waals surface area contributed by atoms with Crippen LogP contribution in [-0.2, 0) is 0 Å². The Labute approximate surface area is 59.7 Å². The molecule has 0 unspecified atom stereocenters. The maximum atomic E-state index is 8.29. The Hall–Kier alpha value is 0.620. The van der Waals surface area contributed by atoms with Gasteiger partial charge in [0.15, 0.2) is 6.29 Å². The molecular formula is C4H10O2S2. The van der Waals surface area contributed by atoms with Crippen LogP contribution < -0.4 is 0 Å². The van der Waals surface area contributed by atoms with Crippen LogP contribution in [0.5, 0.6) is 0 Å². The van der Waals surface area contributed by atoms with E-state index >= 15 is 0 Å². The van der Waals surface area contributed by atoms with E-state index in [2.05, 4.69) is 25.3 Å². The highest BCUT2D eigenvalue weighted by Gasteiger charge is 1.99. The van der Waals surface area contributed by atoms with E-state index in [0.29, 0.717) is 12.8 Å². The minimum atomic E-state index is -1.21. The van der Waals surface area contributed by atoms with Crippen LogP contribution in [0.25, 0.3) is 0 Å². The quantitative estimate of drug-likeness (QED) is 0.348. The van der Waals surface area contributed by atoms with Gasteiger partial charge in [0.2, 0.25) is 0 Å². The lowest BCUT2D eigenvalue weighted by atomic mass is 10.3. The zero-order valence-corrected chi connectivity index (χ0v) is 6.15. The molecule has 0 rings (SSSR count). The topological polar surface area (TPSA) is 40.5 Å². The van der Waals surface area contributed by atoms with Crippen molar-refractivity contribution < 1.29 is 10.2 Å². The second-order valence-corrected chi connectivity index (χ2v) is 3.19. The Morgan fingerprint density at radius 2 is 1.62 bits per heavy atom. The second kappa shape index (κ2) is 4.49. The van der Waals surface area contributed by atoms with Gasteiger partial charge in [0.25, 0.3) is 0 Å². The molecule has 0 aromatic carbocycles. The summed E-state index contributed by atoms with van der Waals surface area (Å²) in [5.41, 5.74) is 0. The first-order valence-electron chi connectivity index (χ1n) is 2.35. The molecule has 0 saturated carbocycles. The zero-order valence-electron chi connectivity index (χ0n) is 4.36. The Morgan fingerprint density at radius 3 is 1.75 bits per heavy atom. The molecule has 2 nitrogen and oxygen atoms in total. The Morgan fingerprint density at radius 1 is 1.12 bits per heavy atom. The molecule has 0 saturated heterocycles. The van der Waals surface area contributed by atoms with Crippen LogP contribution in [0.4, 0.5) is 0 Å². The highest BCUT2D eigenvalue weighted by molar-refractivity contribution is 7.99. The highest BCUT2D eigenvalue weighted by atomic mass is 32.2. The van der Waals surface area contributed by atoms with Crippen LogP contribution in [0.1, 0.15) is 12.8 Å². The number of hydrogen-bond donors (Lipinski definition) is 4. The third-order valence-electron chi connectivity index (χ3n) is 0.683. The molecule has 0 aliphatic heterocycles. The summed E-state index contributed by atoms with van der Waals surface area (Å²) in [5, 5.41) is 16.6. The molecule has 0 aliphatic rings. The second-order valence-electron chi connectivity index (χ2n) is 1.54. The van der Waals surface area contributed by atoms with Gasteiger partial charge < -0.3 is 10.2 Å². The molecule has 0 aliphatic carbocycles. The van der Waals surface area contributed by atoms with E-state index in [1.165, 1.54) is 0 Å². The number of rotatable bonds is 3. The van der Waals surface area contributed by atoms with Crippen LogP contribution in [-0.4, -0.2) is 21.1 Å². The smallest absolute Gasteiger partial charge is 0.151 e. The highest BCUT2D eigenvalue weighted by Crippen LogP contribution is 2.08. The van der Waals surface area contributed by atoms with Crippen molar-refractivity contribution in [2.24, 2.45) is 0 Å². The third-order valence-corrected chi connectivity index (χ3v) is 1.20. The Balaban J connectivity index is 2.93. The summed E-state index contributed by atoms with van der Waals surface area (Å²) < 4.78 is -0.0446. The van der Waals surface area contributed by atoms with Gasteiger partial charge in [-0.25, -0.2) is 0 Å². The van der Waals surface area contributed by atoms with E-state index in [-0.39, 0.29) is 4.58 Å².